The number of rotatable bonds is 4. The summed E-state index contributed by atoms with van der Waals surface area (Å²) >= 11 is -0.751. The molecule has 0 radical (unpaired) electrons. The maximum atomic E-state index is 10.2. The van der Waals surface area contributed by atoms with Crippen molar-refractivity contribution < 1.29 is 36.5 Å². The molecule has 0 aliphatic carbocycles. The molecule has 0 unspecified atom stereocenters. The first-order chi connectivity index (χ1) is 7.20. The van der Waals surface area contributed by atoms with Crippen LogP contribution in [0.4, 0.5) is 0 Å². The summed E-state index contributed by atoms with van der Waals surface area (Å²) < 4.78 is 9.85. The van der Waals surface area contributed by atoms with E-state index in [1.807, 2.05) is 18.2 Å². The minimum atomic E-state index is -0.833. The minimum absolute atomic E-state index is 0.342. The standard InChI is InChI=1S/C6H5.C3H5O2.HO2P.Zn/c1-2-4-6-5-3-1;1-2-3(4)5;1-3-2;/h1-5H;1-2H2,(H,4,5);(H,1,2);. The third-order valence-corrected chi connectivity index (χ3v) is 5.38. The predicted molar refractivity (Wildman–Crippen MR) is 53.0 cm³/mol. The van der Waals surface area contributed by atoms with E-state index in [2.05, 4.69) is 12.1 Å². The second-order valence-corrected chi connectivity index (χ2v) is 7.22. The number of carboxylic acids is 1. The van der Waals surface area contributed by atoms with Crippen molar-refractivity contribution in [1.82, 2.24) is 0 Å². The maximum absolute atomic E-state index is 10.2. The first-order valence-corrected chi connectivity index (χ1v) is 8.77. The van der Waals surface area contributed by atoms with Crippen molar-refractivity contribution >= 4 is 18.8 Å². The number of carboxylic acid groups (broad SMARTS) is 1. The van der Waals surface area contributed by atoms with Gasteiger partial charge in [-0.25, -0.2) is 4.57 Å². The summed E-state index contributed by atoms with van der Waals surface area (Å²) in [6.45, 7) is 0. The summed E-state index contributed by atoms with van der Waals surface area (Å²) in [7, 11) is -0.833. The Kier molecular flexibility index (Phi) is 9.50. The Hall–Kier alpha value is -0.627. The first kappa shape index (κ1) is 14.4. The van der Waals surface area contributed by atoms with Gasteiger partial charge in [0.15, 0.2) is 0 Å². The Morgan fingerprint density at radius 1 is 1.33 bits per heavy atom. The smallest absolute Gasteiger partial charge is 0.310 e. The van der Waals surface area contributed by atoms with Gasteiger partial charge in [-0.05, 0) is 0 Å². The molecule has 6 heteroatoms. The van der Waals surface area contributed by atoms with E-state index in [1.54, 1.807) is 0 Å². The molecule has 15 heavy (non-hydrogen) atoms. The van der Waals surface area contributed by atoms with E-state index in [1.165, 1.54) is 4.16 Å². The molecule has 0 aliphatic rings. The Balaban J connectivity index is 0.000000583. The van der Waals surface area contributed by atoms with Crippen molar-refractivity contribution in [3.05, 3.63) is 30.3 Å². The molecule has 4 nitrogen and oxygen atoms in total. The van der Waals surface area contributed by atoms with E-state index in [4.69, 9.17) is 14.6 Å². The van der Waals surface area contributed by atoms with Gasteiger partial charge in [0.05, 0.1) is 0 Å². The fourth-order valence-corrected chi connectivity index (χ4v) is 4.22. The van der Waals surface area contributed by atoms with E-state index in [0.717, 1.165) is 5.02 Å². The molecule has 1 rings (SSSR count). The van der Waals surface area contributed by atoms with Gasteiger partial charge in [0.2, 0.25) is 0 Å². The molecule has 78 valence electrons. The number of hydrogen-bond donors (Lipinski definition) is 2. The molecular weight excluding hydrogens is 268 g/mol. The minimum Gasteiger partial charge on any atom is -0.310 e. The molecule has 0 saturated carbocycles. The van der Waals surface area contributed by atoms with Gasteiger partial charge >= 0.3 is 87.6 Å². The van der Waals surface area contributed by atoms with Gasteiger partial charge in [-0.1, -0.05) is 0 Å². The van der Waals surface area contributed by atoms with Crippen LogP contribution < -0.4 is 4.16 Å². The first-order valence-electron chi connectivity index (χ1n) is 4.43. The third kappa shape index (κ3) is 9.67. The molecule has 0 saturated heterocycles. The second kappa shape index (κ2) is 9.91. The van der Waals surface area contributed by atoms with Gasteiger partial charge in [-0.3, -0.25) is 0 Å². The Morgan fingerprint density at radius 3 is 2.33 bits per heavy atom. The Morgan fingerprint density at radius 2 is 1.87 bits per heavy atom. The van der Waals surface area contributed by atoms with Crippen LogP contribution >= 0.6 is 8.69 Å². The average molecular weight is 280 g/mol. The summed E-state index contributed by atoms with van der Waals surface area (Å²) in [4.78, 5) is 17.2. The number of benzene rings is 1. The molecule has 0 aromatic heterocycles. The molecule has 2 N–H and O–H groups in total. The summed E-state index contributed by atoms with van der Waals surface area (Å²) in [6, 6.07) is 10.2. The average Bonchev–Trinajstić information content (AvgIpc) is 2.20. The van der Waals surface area contributed by atoms with Crippen molar-refractivity contribution in [2.45, 2.75) is 11.4 Å². The largest absolute Gasteiger partial charge is 0.324 e. The van der Waals surface area contributed by atoms with E-state index >= 15 is 0 Å². The number of hydrogen-bond acceptors (Lipinski definition) is 2. The topological polar surface area (TPSA) is 74.6 Å². The maximum Gasteiger partial charge on any atom is 0.324 e. The van der Waals surface area contributed by atoms with Crippen LogP contribution in [-0.4, -0.2) is 16.0 Å². The normalized spacial score (nSPS) is 8.60. The molecule has 0 heterocycles. The van der Waals surface area contributed by atoms with E-state index in [-0.39, 0.29) is 0 Å². The van der Waals surface area contributed by atoms with E-state index in [0.29, 0.717) is 6.42 Å². The van der Waals surface area contributed by atoms with Gasteiger partial charge in [-0.15, -0.1) is 0 Å². The molecule has 0 amide bonds. The zero-order chi connectivity index (χ0) is 11.5. The molecule has 0 bridgehead atoms. The molecule has 0 atom stereocenters. The van der Waals surface area contributed by atoms with Crippen molar-refractivity contribution in [2.75, 3.05) is 0 Å². The SMILES string of the molecule is O=C(O)C[CH2][Zn][c]1ccccc1.O=PO. The Bertz CT molecular complexity index is 291. The van der Waals surface area contributed by atoms with Gasteiger partial charge in [0.25, 0.3) is 0 Å². The van der Waals surface area contributed by atoms with Crippen LogP contribution in [0.2, 0.25) is 5.02 Å². The van der Waals surface area contributed by atoms with Gasteiger partial charge in [0.1, 0.15) is 0 Å². The molecule has 0 aliphatic heterocycles. The number of aliphatic carboxylic acids is 1. The number of carbonyl (C=O) groups is 1. The van der Waals surface area contributed by atoms with Crippen molar-refractivity contribution in [2.24, 2.45) is 0 Å². The van der Waals surface area contributed by atoms with Crippen LogP contribution in [0.3, 0.4) is 0 Å². The van der Waals surface area contributed by atoms with Crippen LogP contribution in [0.25, 0.3) is 0 Å². The van der Waals surface area contributed by atoms with Crippen LogP contribution in [0.15, 0.2) is 30.3 Å². The molecular formula is C9H11O4PZn. The Labute approximate surface area is 97.2 Å². The molecule has 1 aromatic carbocycles. The zero-order valence-corrected chi connectivity index (χ0v) is 12.0. The zero-order valence-electron chi connectivity index (χ0n) is 8.17. The molecule has 0 fully saturated rings. The van der Waals surface area contributed by atoms with Crippen molar-refractivity contribution in [3.63, 3.8) is 0 Å². The molecule has 1 aromatic rings. The van der Waals surface area contributed by atoms with Crippen LogP contribution in [0.1, 0.15) is 6.42 Å². The van der Waals surface area contributed by atoms with Crippen molar-refractivity contribution in [1.29, 1.82) is 0 Å². The van der Waals surface area contributed by atoms with Gasteiger partial charge < -0.3 is 4.89 Å². The summed E-state index contributed by atoms with van der Waals surface area (Å²) in [5, 5.41) is 9.33. The quantitative estimate of drug-likeness (QED) is 0.646. The van der Waals surface area contributed by atoms with Gasteiger partial charge in [-0.2, -0.15) is 0 Å². The van der Waals surface area contributed by atoms with E-state index < -0.39 is 31.8 Å². The summed E-state index contributed by atoms with van der Waals surface area (Å²) in [5.41, 5.74) is 0. The van der Waals surface area contributed by atoms with Crippen molar-refractivity contribution in [3.8, 4) is 0 Å². The van der Waals surface area contributed by atoms with Gasteiger partial charge in [0, 0.05) is 0 Å². The fourth-order valence-electron chi connectivity index (χ4n) is 1.09. The van der Waals surface area contributed by atoms with Crippen LogP contribution in [0, 0.1) is 0 Å². The fraction of sp³-hybridized carbons (Fsp3) is 0.222. The summed E-state index contributed by atoms with van der Waals surface area (Å²) in [6.07, 6.45) is 0.342. The predicted octanol–water partition coefficient (Wildman–Crippen LogP) is 1.47. The van der Waals surface area contributed by atoms with E-state index in [9.17, 15) is 4.79 Å². The monoisotopic (exact) mass is 278 g/mol. The second-order valence-electron chi connectivity index (χ2n) is 2.81. The van der Waals surface area contributed by atoms with Crippen LogP contribution in [0.5, 0.6) is 0 Å². The summed E-state index contributed by atoms with van der Waals surface area (Å²) in [5.74, 6) is -0.670. The van der Waals surface area contributed by atoms with Crippen LogP contribution in [-0.2, 0) is 26.5 Å². The molecule has 0 spiro atoms. The third-order valence-electron chi connectivity index (χ3n) is 1.70.